The van der Waals surface area contributed by atoms with Crippen molar-refractivity contribution < 1.29 is 4.79 Å². The van der Waals surface area contributed by atoms with Crippen LogP contribution in [0.5, 0.6) is 0 Å². The predicted octanol–water partition coefficient (Wildman–Crippen LogP) is 4.01. The van der Waals surface area contributed by atoms with Gasteiger partial charge in [-0.2, -0.15) is 5.10 Å². The third-order valence-electron chi connectivity index (χ3n) is 5.33. The molecule has 1 amide bonds. The van der Waals surface area contributed by atoms with Gasteiger partial charge in [0.25, 0.3) is 0 Å². The first-order chi connectivity index (χ1) is 13.6. The Morgan fingerprint density at radius 3 is 2.82 bits per heavy atom. The number of likely N-dealkylation sites (tertiary alicyclic amines) is 1. The number of hydrogen-bond donors (Lipinski definition) is 1. The number of hydrogen-bond acceptors (Lipinski definition) is 4. The number of piperidine rings is 1. The molecular weight excluding hydrogens is 350 g/mol. The van der Waals surface area contributed by atoms with Gasteiger partial charge in [-0.05, 0) is 44.9 Å². The van der Waals surface area contributed by atoms with Gasteiger partial charge in [0.05, 0.1) is 24.1 Å². The van der Waals surface area contributed by atoms with Gasteiger partial charge in [-0.25, -0.2) is 9.67 Å². The molecule has 1 aromatic carbocycles. The molecule has 146 valence electrons. The molecule has 0 spiro atoms. The Kier molecular flexibility index (Phi) is 5.39. The maximum atomic E-state index is 13.0. The van der Waals surface area contributed by atoms with Crippen LogP contribution in [0.4, 0.5) is 5.69 Å². The smallest absolute Gasteiger partial charge is 0.241 e. The number of amides is 1. The molecule has 1 unspecified atom stereocenters. The van der Waals surface area contributed by atoms with Crippen molar-refractivity contribution in [3.63, 3.8) is 0 Å². The van der Waals surface area contributed by atoms with Crippen LogP contribution in [-0.2, 0) is 11.3 Å². The van der Waals surface area contributed by atoms with Crippen LogP contribution in [0.25, 0.3) is 11.0 Å². The van der Waals surface area contributed by atoms with Crippen LogP contribution in [0, 0.1) is 0 Å². The zero-order valence-corrected chi connectivity index (χ0v) is 16.5. The van der Waals surface area contributed by atoms with Crippen LogP contribution in [0.1, 0.15) is 44.7 Å². The van der Waals surface area contributed by atoms with Crippen LogP contribution >= 0.6 is 0 Å². The molecule has 2 aromatic heterocycles. The van der Waals surface area contributed by atoms with Crippen LogP contribution in [0.15, 0.2) is 48.8 Å². The van der Waals surface area contributed by atoms with E-state index in [0.29, 0.717) is 0 Å². The number of carbonyl (C=O) groups excluding carboxylic acids is 1. The van der Waals surface area contributed by atoms with Crippen LogP contribution < -0.4 is 5.32 Å². The lowest BCUT2D eigenvalue weighted by Crippen LogP contribution is -2.46. The molecule has 1 fully saturated rings. The van der Waals surface area contributed by atoms with Gasteiger partial charge in [-0.3, -0.25) is 9.69 Å². The van der Waals surface area contributed by atoms with Crippen LogP contribution in [0.2, 0.25) is 0 Å². The minimum atomic E-state index is -0.108. The molecule has 0 bridgehead atoms. The summed E-state index contributed by atoms with van der Waals surface area (Å²) in [4.78, 5) is 19.8. The zero-order chi connectivity index (χ0) is 19.5. The minimum Gasteiger partial charge on any atom is -0.323 e. The lowest BCUT2D eigenvalue weighted by molar-refractivity contribution is -0.122. The third kappa shape index (κ3) is 3.92. The molecule has 6 nitrogen and oxygen atoms in total. The summed E-state index contributed by atoms with van der Waals surface area (Å²) in [6, 6.07) is 12.5. The standard InChI is InChI=1S/C22H27N5O/c1-16(2)27-21-18(13-24-27)12-19(14-23-21)25-22(28)20-10-6-7-11-26(20)15-17-8-4-3-5-9-17/h3-5,8-9,12-14,16,20H,6-7,10-11,15H2,1-2H3,(H,25,28). The van der Waals surface area contributed by atoms with Gasteiger partial charge in [0, 0.05) is 18.0 Å². The number of rotatable bonds is 5. The highest BCUT2D eigenvalue weighted by Gasteiger charge is 2.28. The summed E-state index contributed by atoms with van der Waals surface area (Å²) in [6.45, 7) is 5.91. The van der Waals surface area contributed by atoms with Crippen molar-refractivity contribution in [2.24, 2.45) is 0 Å². The molecule has 0 saturated carbocycles. The summed E-state index contributed by atoms with van der Waals surface area (Å²) in [6.07, 6.45) is 6.64. The number of nitrogens with one attached hydrogen (secondary N) is 1. The first-order valence-electron chi connectivity index (χ1n) is 10.0. The van der Waals surface area contributed by atoms with E-state index in [1.54, 1.807) is 12.4 Å². The Hall–Kier alpha value is -2.73. The second kappa shape index (κ2) is 8.10. The van der Waals surface area contributed by atoms with Gasteiger partial charge in [0.15, 0.2) is 5.65 Å². The van der Waals surface area contributed by atoms with Gasteiger partial charge in [-0.15, -0.1) is 0 Å². The SMILES string of the molecule is CC(C)n1ncc2cc(NC(=O)C3CCCCN3Cc3ccccc3)cnc21. The van der Waals surface area contributed by atoms with E-state index in [1.165, 1.54) is 5.56 Å². The second-order valence-electron chi connectivity index (χ2n) is 7.78. The Balaban J connectivity index is 1.49. The molecule has 3 aromatic rings. The van der Waals surface area contributed by atoms with Gasteiger partial charge >= 0.3 is 0 Å². The molecule has 1 N–H and O–H groups in total. The summed E-state index contributed by atoms with van der Waals surface area (Å²) in [5, 5.41) is 8.42. The average Bonchev–Trinajstić information content (AvgIpc) is 3.13. The largest absolute Gasteiger partial charge is 0.323 e. The molecule has 4 rings (SSSR count). The van der Waals surface area contributed by atoms with Gasteiger partial charge in [-0.1, -0.05) is 36.8 Å². The van der Waals surface area contributed by atoms with Crippen LogP contribution in [0.3, 0.4) is 0 Å². The van der Waals surface area contributed by atoms with E-state index >= 15 is 0 Å². The fourth-order valence-electron chi connectivity index (χ4n) is 3.91. The number of aromatic nitrogens is 3. The first kappa shape index (κ1) is 18.6. The molecule has 6 heteroatoms. The highest BCUT2D eigenvalue weighted by atomic mass is 16.2. The number of nitrogens with zero attached hydrogens (tertiary/aromatic N) is 4. The quantitative estimate of drug-likeness (QED) is 0.730. The third-order valence-corrected chi connectivity index (χ3v) is 5.33. The molecule has 0 radical (unpaired) electrons. The maximum Gasteiger partial charge on any atom is 0.241 e. The molecular formula is C22H27N5O. The van der Waals surface area contributed by atoms with E-state index in [9.17, 15) is 4.79 Å². The molecule has 1 aliphatic rings. The van der Waals surface area contributed by atoms with E-state index in [2.05, 4.69) is 46.3 Å². The number of fused-ring (bicyclic) bond motifs is 1. The van der Waals surface area contributed by atoms with E-state index in [0.717, 1.165) is 49.1 Å². The number of benzene rings is 1. The monoisotopic (exact) mass is 377 g/mol. The highest BCUT2D eigenvalue weighted by molar-refractivity contribution is 5.96. The zero-order valence-electron chi connectivity index (χ0n) is 16.5. The van der Waals surface area contributed by atoms with E-state index in [-0.39, 0.29) is 18.0 Å². The average molecular weight is 377 g/mol. The fraction of sp³-hybridized carbons (Fsp3) is 0.409. The molecule has 1 atom stereocenters. The second-order valence-corrected chi connectivity index (χ2v) is 7.78. The van der Waals surface area contributed by atoms with E-state index in [1.807, 2.05) is 28.9 Å². The number of pyridine rings is 1. The first-order valence-corrected chi connectivity index (χ1v) is 10.0. The molecule has 1 saturated heterocycles. The summed E-state index contributed by atoms with van der Waals surface area (Å²) >= 11 is 0. The number of anilines is 1. The van der Waals surface area contributed by atoms with Crippen molar-refractivity contribution in [3.05, 3.63) is 54.4 Å². The lowest BCUT2D eigenvalue weighted by atomic mass is 10.00. The summed E-state index contributed by atoms with van der Waals surface area (Å²) in [5.74, 6) is 0.0491. The van der Waals surface area contributed by atoms with Crippen molar-refractivity contribution in [1.29, 1.82) is 0 Å². The predicted molar refractivity (Wildman–Crippen MR) is 111 cm³/mol. The van der Waals surface area contributed by atoms with Crippen LogP contribution in [-0.4, -0.2) is 38.2 Å². The Morgan fingerprint density at radius 2 is 2.04 bits per heavy atom. The van der Waals surface area contributed by atoms with Crippen molar-refractivity contribution in [2.75, 3.05) is 11.9 Å². The lowest BCUT2D eigenvalue weighted by Gasteiger charge is -2.34. The molecule has 28 heavy (non-hydrogen) atoms. The topological polar surface area (TPSA) is 63.1 Å². The minimum absolute atomic E-state index is 0.0491. The summed E-state index contributed by atoms with van der Waals surface area (Å²) in [5.41, 5.74) is 2.81. The Labute approximate surface area is 165 Å². The van der Waals surface area contributed by atoms with E-state index < -0.39 is 0 Å². The van der Waals surface area contributed by atoms with Crippen molar-refractivity contribution >= 4 is 22.6 Å². The van der Waals surface area contributed by atoms with Crippen molar-refractivity contribution in [1.82, 2.24) is 19.7 Å². The van der Waals surface area contributed by atoms with E-state index in [4.69, 9.17) is 0 Å². The molecule has 3 heterocycles. The highest BCUT2D eigenvalue weighted by Crippen LogP contribution is 2.23. The molecule has 1 aliphatic heterocycles. The molecule has 0 aliphatic carbocycles. The summed E-state index contributed by atoms with van der Waals surface area (Å²) < 4.78 is 1.89. The number of carbonyl (C=O) groups is 1. The van der Waals surface area contributed by atoms with Gasteiger partial charge < -0.3 is 5.32 Å². The van der Waals surface area contributed by atoms with Gasteiger partial charge in [0.1, 0.15) is 0 Å². The van der Waals surface area contributed by atoms with Gasteiger partial charge in [0.2, 0.25) is 5.91 Å². The Morgan fingerprint density at radius 1 is 1.21 bits per heavy atom. The summed E-state index contributed by atoms with van der Waals surface area (Å²) in [7, 11) is 0. The normalized spacial score (nSPS) is 17.9. The van der Waals surface area contributed by atoms with Crippen molar-refractivity contribution in [3.8, 4) is 0 Å². The maximum absolute atomic E-state index is 13.0. The van der Waals surface area contributed by atoms with Crippen molar-refractivity contribution in [2.45, 2.75) is 51.7 Å². The fourth-order valence-corrected chi connectivity index (χ4v) is 3.91. The Bertz CT molecular complexity index is 950.